The Hall–Kier alpha value is -4.25. The standard InChI is InChI=1S/C28H35N5O6/c1-28(2,3)39-27(37)31-25(29)21-9-11-22(12-10-21)26(36)30-17-23(34)33-15-13-32(14-16-33)18-24(35)38-19-20-7-5-4-6-8-20/h4-12H,13-19H2,1-3H3,(H,30,36)(H2,29,31,37). The second-order valence-electron chi connectivity index (χ2n) is 10.1. The maximum atomic E-state index is 12.6. The van der Waals surface area contributed by atoms with Gasteiger partial charge < -0.3 is 19.7 Å². The lowest BCUT2D eigenvalue weighted by molar-refractivity contribution is -0.147. The molecule has 1 heterocycles. The molecule has 11 heteroatoms. The SMILES string of the molecule is CC(C)(C)OC(=O)NC(=N)c1ccc(C(=O)NCC(=O)N2CCN(CC(=O)OCc3ccccc3)CC2)cc1. The lowest BCUT2D eigenvalue weighted by atomic mass is 10.1. The Labute approximate surface area is 227 Å². The van der Waals surface area contributed by atoms with Crippen molar-refractivity contribution in [1.82, 2.24) is 20.4 Å². The maximum Gasteiger partial charge on any atom is 0.413 e. The highest BCUT2D eigenvalue weighted by atomic mass is 16.6. The van der Waals surface area contributed by atoms with Crippen LogP contribution in [0, 0.1) is 5.41 Å². The fourth-order valence-electron chi connectivity index (χ4n) is 3.76. The molecule has 1 saturated heterocycles. The summed E-state index contributed by atoms with van der Waals surface area (Å²) in [4.78, 5) is 52.7. The second-order valence-corrected chi connectivity index (χ2v) is 10.1. The van der Waals surface area contributed by atoms with Gasteiger partial charge in [-0.15, -0.1) is 0 Å². The van der Waals surface area contributed by atoms with E-state index in [0.717, 1.165) is 5.56 Å². The van der Waals surface area contributed by atoms with E-state index in [-0.39, 0.29) is 37.4 Å². The van der Waals surface area contributed by atoms with Crippen molar-refractivity contribution in [3.05, 3.63) is 71.3 Å². The van der Waals surface area contributed by atoms with Gasteiger partial charge in [-0.2, -0.15) is 0 Å². The lowest BCUT2D eigenvalue weighted by Gasteiger charge is -2.34. The summed E-state index contributed by atoms with van der Waals surface area (Å²) in [6.07, 6.45) is -0.739. The molecular formula is C28H35N5O6. The summed E-state index contributed by atoms with van der Waals surface area (Å²) in [7, 11) is 0. The Balaban J connectivity index is 1.36. The van der Waals surface area contributed by atoms with Crippen molar-refractivity contribution in [2.24, 2.45) is 0 Å². The largest absolute Gasteiger partial charge is 0.460 e. The van der Waals surface area contributed by atoms with E-state index >= 15 is 0 Å². The molecule has 0 atom stereocenters. The van der Waals surface area contributed by atoms with Gasteiger partial charge in [-0.05, 0) is 38.5 Å². The molecule has 0 bridgehead atoms. The van der Waals surface area contributed by atoms with Crippen molar-refractivity contribution in [3.8, 4) is 0 Å². The molecule has 3 rings (SSSR count). The average Bonchev–Trinajstić information content (AvgIpc) is 2.90. The van der Waals surface area contributed by atoms with Crippen LogP contribution in [-0.4, -0.2) is 84.4 Å². The summed E-state index contributed by atoms with van der Waals surface area (Å²) in [6.45, 7) is 7.36. The molecule has 0 spiro atoms. The van der Waals surface area contributed by atoms with E-state index in [9.17, 15) is 19.2 Å². The van der Waals surface area contributed by atoms with E-state index in [1.165, 1.54) is 24.3 Å². The van der Waals surface area contributed by atoms with Gasteiger partial charge in [-0.1, -0.05) is 42.5 Å². The number of carbonyl (C=O) groups is 4. The number of hydrogen-bond donors (Lipinski definition) is 3. The van der Waals surface area contributed by atoms with Gasteiger partial charge in [0.15, 0.2) is 0 Å². The van der Waals surface area contributed by atoms with Crippen molar-refractivity contribution in [1.29, 1.82) is 5.41 Å². The van der Waals surface area contributed by atoms with E-state index in [2.05, 4.69) is 10.6 Å². The maximum absolute atomic E-state index is 12.6. The highest BCUT2D eigenvalue weighted by molar-refractivity contribution is 6.05. The third kappa shape index (κ3) is 9.86. The number of nitrogens with one attached hydrogen (secondary N) is 3. The predicted molar refractivity (Wildman–Crippen MR) is 144 cm³/mol. The number of nitrogens with zero attached hydrogens (tertiary/aromatic N) is 2. The highest BCUT2D eigenvalue weighted by Crippen LogP contribution is 2.09. The summed E-state index contributed by atoms with van der Waals surface area (Å²) in [6, 6.07) is 15.5. The van der Waals surface area contributed by atoms with Crippen LogP contribution >= 0.6 is 0 Å². The van der Waals surface area contributed by atoms with Crippen LogP contribution < -0.4 is 10.6 Å². The molecule has 0 radical (unpaired) electrons. The lowest BCUT2D eigenvalue weighted by Crippen LogP contribution is -2.52. The van der Waals surface area contributed by atoms with Crippen LogP contribution in [0.25, 0.3) is 0 Å². The number of amides is 3. The third-order valence-corrected chi connectivity index (χ3v) is 5.78. The first kappa shape index (κ1) is 29.3. The molecule has 1 fully saturated rings. The third-order valence-electron chi connectivity index (χ3n) is 5.78. The molecule has 39 heavy (non-hydrogen) atoms. The Morgan fingerprint density at radius 1 is 0.897 bits per heavy atom. The predicted octanol–water partition coefficient (Wildman–Crippen LogP) is 2.15. The quantitative estimate of drug-likeness (QED) is 0.266. The van der Waals surface area contributed by atoms with E-state index in [4.69, 9.17) is 14.9 Å². The van der Waals surface area contributed by atoms with Crippen LogP contribution in [0.1, 0.15) is 42.3 Å². The number of rotatable bonds is 8. The number of alkyl carbamates (subject to hydrolysis) is 1. The van der Waals surface area contributed by atoms with Gasteiger partial charge in [0.2, 0.25) is 5.91 Å². The van der Waals surface area contributed by atoms with Crippen molar-refractivity contribution in [3.63, 3.8) is 0 Å². The molecule has 3 amide bonds. The zero-order valence-electron chi connectivity index (χ0n) is 22.5. The van der Waals surface area contributed by atoms with Gasteiger partial charge in [-0.25, -0.2) is 4.79 Å². The molecule has 3 N–H and O–H groups in total. The molecule has 2 aromatic carbocycles. The molecule has 208 valence electrons. The number of piperazine rings is 1. The molecule has 1 aliphatic heterocycles. The monoisotopic (exact) mass is 537 g/mol. The molecule has 0 aromatic heterocycles. The number of ether oxygens (including phenoxy) is 2. The number of carbonyl (C=O) groups excluding carboxylic acids is 4. The molecule has 1 aliphatic rings. The second kappa shape index (κ2) is 13.5. The van der Waals surface area contributed by atoms with Gasteiger partial charge in [0, 0.05) is 37.3 Å². The minimum Gasteiger partial charge on any atom is -0.460 e. The van der Waals surface area contributed by atoms with Crippen molar-refractivity contribution < 1.29 is 28.7 Å². The number of amidine groups is 1. The molecule has 2 aromatic rings. The van der Waals surface area contributed by atoms with Crippen LogP contribution in [0.5, 0.6) is 0 Å². The first-order chi connectivity index (χ1) is 18.5. The molecule has 0 saturated carbocycles. The normalized spacial score (nSPS) is 13.8. The first-order valence-corrected chi connectivity index (χ1v) is 12.7. The fourth-order valence-corrected chi connectivity index (χ4v) is 3.76. The van der Waals surface area contributed by atoms with E-state index in [1.807, 2.05) is 35.2 Å². The summed E-state index contributed by atoms with van der Waals surface area (Å²) >= 11 is 0. The minimum absolute atomic E-state index is 0.157. The van der Waals surface area contributed by atoms with Crippen LogP contribution in [0.15, 0.2) is 54.6 Å². The van der Waals surface area contributed by atoms with Gasteiger partial charge in [0.05, 0.1) is 13.1 Å². The smallest absolute Gasteiger partial charge is 0.413 e. The van der Waals surface area contributed by atoms with Crippen LogP contribution in [0.2, 0.25) is 0 Å². The van der Waals surface area contributed by atoms with Gasteiger partial charge in [-0.3, -0.25) is 30.0 Å². The van der Waals surface area contributed by atoms with E-state index < -0.39 is 17.6 Å². The summed E-state index contributed by atoms with van der Waals surface area (Å²) < 4.78 is 10.5. The molecule has 11 nitrogen and oxygen atoms in total. The highest BCUT2D eigenvalue weighted by Gasteiger charge is 2.23. The van der Waals surface area contributed by atoms with E-state index in [1.54, 1.807) is 25.7 Å². The van der Waals surface area contributed by atoms with Crippen LogP contribution in [0.4, 0.5) is 4.79 Å². The number of hydrogen-bond acceptors (Lipinski definition) is 8. The van der Waals surface area contributed by atoms with Crippen LogP contribution in [0.3, 0.4) is 0 Å². The Morgan fingerprint density at radius 2 is 1.51 bits per heavy atom. The zero-order valence-corrected chi connectivity index (χ0v) is 22.5. The zero-order chi connectivity index (χ0) is 28.4. The average molecular weight is 538 g/mol. The minimum atomic E-state index is -0.739. The van der Waals surface area contributed by atoms with Crippen molar-refractivity contribution in [2.75, 3.05) is 39.3 Å². The van der Waals surface area contributed by atoms with Crippen LogP contribution in [-0.2, 0) is 25.7 Å². The Morgan fingerprint density at radius 3 is 2.13 bits per heavy atom. The van der Waals surface area contributed by atoms with Crippen molar-refractivity contribution in [2.45, 2.75) is 33.0 Å². The topological polar surface area (TPSA) is 141 Å². The number of esters is 1. The number of benzene rings is 2. The molecule has 0 unspecified atom stereocenters. The Kier molecular flexibility index (Phi) is 10.2. The van der Waals surface area contributed by atoms with Gasteiger partial charge >= 0.3 is 12.1 Å². The molecular weight excluding hydrogens is 502 g/mol. The van der Waals surface area contributed by atoms with Gasteiger partial charge in [0.25, 0.3) is 5.91 Å². The summed E-state index contributed by atoms with van der Waals surface area (Å²) in [5, 5.41) is 13.0. The molecule has 0 aliphatic carbocycles. The Bertz CT molecular complexity index is 1170. The van der Waals surface area contributed by atoms with Crippen molar-refractivity contribution >= 4 is 29.7 Å². The fraction of sp³-hybridized carbons (Fsp3) is 0.393. The van der Waals surface area contributed by atoms with Gasteiger partial charge in [0.1, 0.15) is 18.0 Å². The van der Waals surface area contributed by atoms with E-state index in [0.29, 0.717) is 37.3 Å². The first-order valence-electron chi connectivity index (χ1n) is 12.7. The summed E-state index contributed by atoms with van der Waals surface area (Å²) in [5.41, 5.74) is 0.952. The summed E-state index contributed by atoms with van der Waals surface area (Å²) in [5.74, 6) is -1.11.